The summed E-state index contributed by atoms with van der Waals surface area (Å²) in [6, 6.07) is 9.00. The van der Waals surface area contributed by atoms with Crippen molar-refractivity contribution in [2.45, 2.75) is 51.9 Å². The molecule has 4 rings (SSSR count). The fourth-order valence-corrected chi connectivity index (χ4v) is 5.39. The number of pyridine rings is 1. The van der Waals surface area contributed by atoms with E-state index in [1.165, 1.54) is 7.11 Å². The summed E-state index contributed by atoms with van der Waals surface area (Å²) in [5.74, 6) is 0.200. The molecule has 11 heteroatoms. The van der Waals surface area contributed by atoms with Gasteiger partial charge in [0.25, 0.3) is 5.91 Å². The Morgan fingerprint density at radius 2 is 1.98 bits per heavy atom. The van der Waals surface area contributed by atoms with Gasteiger partial charge >= 0.3 is 5.97 Å². The summed E-state index contributed by atoms with van der Waals surface area (Å²) >= 11 is 0. The average molecular weight is 595 g/mol. The lowest BCUT2D eigenvalue weighted by Gasteiger charge is -2.32. The number of fused-ring (bicyclic) bond motifs is 2. The molecule has 2 aliphatic rings. The number of esters is 1. The zero-order valence-corrected chi connectivity index (χ0v) is 25.1. The Kier molecular flexibility index (Phi) is 11.4. The van der Waals surface area contributed by atoms with E-state index in [1.54, 1.807) is 42.4 Å². The minimum Gasteiger partial charge on any atom is -0.493 e. The monoisotopic (exact) mass is 594 g/mol. The molecule has 2 N–H and O–H groups in total. The molecule has 1 aromatic carbocycles. The third-order valence-corrected chi connectivity index (χ3v) is 7.80. The van der Waals surface area contributed by atoms with E-state index in [4.69, 9.17) is 14.2 Å². The Bertz CT molecular complexity index is 1270. The summed E-state index contributed by atoms with van der Waals surface area (Å²) in [6.45, 7) is 2.74. The summed E-state index contributed by atoms with van der Waals surface area (Å²) in [7, 11) is 1.52. The van der Waals surface area contributed by atoms with Crippen molar-refractivity contribution in [1.82, 2.24) is 20.5 Å². The molecule has 1 aliphatic heterocycles. The van der Waals surface area contributed by atoms with E-state index in [-0.39, 0.29) is 69.4 Å². The number of carbonyl (C=O) groups is 4. The molecule has 1 unspecified atom stereocenters. The molecule has 1 saturated carbocycles. The summed E-state index contributed by atoms with van der Waals surface area (Å²) in [5, 5.41) is 5.81. The molecule has 2 aromatic rings. The van der Waals surface area contributed by atoms with Crippen molar-refractivity contribution in [3.8, 4) is 11.5 Å². The summed E-state index contributed by atoms with van der Waals surface area (Å²) in [6.07, 6.45) is 7.05. The standard InChI is InChI=1S/C32H42N4O7/c1-3-42-31(40)32(18-23-8-9-23)19-24-10-11-26(41-2)27(16-24)43-21-29(38)34-13-15-36(14-5-7-28(37)35-22-32)30(39)17-25-6-4-12-33-20-25/h4,6,10-12,16,20,23H,3,5,7-9,13-15,17-19,21-22H2,1-2H3,(H,34,38)(H,35,37). The summed E-state index contributed by atoms with van der Waals surface area (Å²) < 4.78 is 16.9. The maximum absolute atomic E-state index is 13.5. The van der Waals surface area contributed by atoms with Crippen LogP contribution in [0.3, 0.4) is 0 Å². The first-order valence-electron chi connectivity index (χ1n) is 15.0. The normalized spacial score (nSPS) is 20.5. The van der Waals surface area contributed by atoms with Gasteiger partial charge in [-0.25, -0.2) is 0 Å². The zero-order valence-electron chi connectivity index (χ0n) is 25.1. The number of aromatic nitrogens is 1. The molecule has 2 heterocycles. The van der Waals surface area contributed by atoms with Crippen molar-refractivity contribution in [1.29, 1.82) is 0 Å². The van der Waals surface area contributed by atoms with Crippen LogP contribution in [0.15, 0.2) is 42.7 Å². The summed E-state index contributed by atoms with van der Waals surface area (Å²) in [4.78, 5) is 58.1. The van der Waals surface area contributed by atoms with E-state index in [1.807, 2.05) is 12.1 Å². The van der Waals surface area contributed by atoms with Crippen LogP contribution in [0.25, 0.3) is 0 Å². The number of hydrogen-bond donors (Lipinski definition) is 2. The predicted octanol–water partition coefficient (Wildman–Crippen LogP) is 2.46. The van der Waals surface area contributed by atoms with Crippen molar-refractivity contribution in [3.63, 3.8) is 0 Å². The number of methoxy groups -OCH3 is 1. The SMILES string of the molecule is CCOC(=O)C1(CC2CC2)CNC(=O)CCCN(C(=O)Cc2cccnc2)CCNC(=O)COc2cc(ccc2OC)C1. The Morgan fingerprint density at radius 3 is 2.70 bits per heavy atom. The van der Waals surface area contributed by atoms with Crippen LogP contribution in [-0.2, 0) is 36.8 Å². The predicted molar refractivity (Wildman–Crippen MR) is 158 cm³/mol. The smallest absolute Gasteiger partial charge is 0.314 e. The molecule has 1 fully saturated rings. The van der Waals surface area contributed by atoms with Crippen LogP contribution < -0.4 is 20.1 Å². The van der Waals surface area contributed by atoms with Gasteiger partial charge in [0.1, 0.15) is 0 Å². The molecule has 2 bridgehead atoms. The maximum Gasteiger partial charge on any atom is 0.314 e. The molecule has 0 radical (unpaired) electrons. The molecule has 1 aromatic heterocycles. The van der Waals surface area contributed by atoms with Gasteiger partial charge in [0.05, 0.1) is 25.6 Å². The van der Waals surface area contributed by atoms with Gasteiger partial charge in [-0.1, -0.05) is 25.0 Å². The van der Waals surface area contributed by atoms with Crippen molar-refractivity contribution < 1.29 is 33.4 Å². The van der Waals surface area contributed by atoms with E-state index < -0.39 is 5.41 Å². The second-order valence-electron chi connectivity index (χ2n) is 11.2. The number of benzene rings is 1. The molecule has 1 atom stereocenters. The number of rotatable bonds is 7. The molecule has 43 heavy (non-hydrogen) atoms. The number of ether oxygens (including phenoxy) is 3. The first kappa shape index (κ1) is 31.8. The van der Waals surface area contributed by atoms with Crippen LogP contribution in [0.1, 0.15) is 50.2 Å². The number of nitrogens with zero attached hydrogens (tertiary/aromatic N) is 2. The van der Waals surface area contributed by atoms with Gasteiger partial charge in [-0.2, -0.15) is 0 Å². The van der Waals surface area contributed by atoms with E-state index >= 15 is 0 Å². The van der Waals surface area contributed by atoms with Crippen LogP contribution in [0.2, 0.25) is 0 Å². The van der Waals surface area contributed by atoms with Crippen molar-refractivity contribution in [2.24, 2.45) is 11.3 Å². The van der Waals surface area contributed by atoms with E-state index in [0.29, 0.717) is 43.2 Å². The van der Waals surface area contributed by atoms with Crippen LogP contribution in [0.5, 0.6) is 11.5 Å². The number of carbonyl (C=O) groups excluding carboxylic acids is 4. The molecule has 3 amide bonds. The number of amides is 3. The highest BCUT2D eigenvalue weighted by atomic mass is 16.5. The van der Waals surface area contributed by atoms with Crippen molar-refractivity contribution in [2.75, 3.05) is 46.5 Å². The highest BCUT2D eigenvalue weighted by molar-refractivity contribution is 5.81. The third kappa shape index (κ3) is 9.42. The molecule has 1 aliphatic carbocycles. The van der Waals surface area contributed by atoms with E-state index in [0.717, 1.165) is 24.0 Å². The van der Waals surface area contributed by atoms with E-state index in [9.17, 15) is 19.2 Å². The van der Waals surface area contributed by atoms with Crippen LogP contribution >= 0.6 is 0 Å². The quantitative estimate of drug-likeness (QED) is 0.467. The van der Waals surface area contributed by atoms with Gasteiger partial charge in [-0.05, 0) is 61.4 Å². The zero-order chi connectivity index (χ0) is 30.7. The number of hydrogen-bond acceptors (Lipinski definition) is 8. The molecule has 232 valence electrons. The second-order valence-corrected chi connectivity index (χ2v) is 11.2. The molecule has 0 saturated heterocycles. The fraction of sp³-hybridized carbons (Fsp3) is 0.531. The molecular weight excluding hydrogens is 552 g/mol. The molecule has 0 spiro atoms. The van der Waals surface area contributed by atoms with Gasteiger partial charge in [0.15, 0.2) is 18.1 Å². The van der Waals surface area contributed by atoms with Gasteiger partial charge in [-0.15, -0.1) is 0 Å². The molecule has 11 nitrogen and oxygen atoms in total. The first-order valence-corrected chi connectivity index (χ1v) is 15.0. The average Bonchev–Trinajstić information content (AvgIpc) is 3.82. The Balaban J connectivity index is 1.57. The molecular formula is C32H42N4O7. The van der Waals surface area contributed by atoms with Crippen molar-refractivity contribution >= 4 is 23.7 Å². The Hall–Kier alpha value is -4.15. The van der Waals surface area contributed by atoms with E-state index in [2.05, 4.69) is 15.6 Å². The highest BCUT2D eigenvalue weighted by Crippen LogP contribution is 2.43. The third-order valence-electron chi connectivity index (χ3n) is 7.80. The lowest BCUT2D eigenvalue weighted by molar-refractivity contribution is -0.156. The van der Waals surface area contributed by atoms with Crippen molar-refractivity contribution in [3.05, 3.63) is 53.9 Å². The Labute approximate surface area is 252 Å². The fourth-order valence-electron chi connectivity index (χ4n) is 5.39. The second kappa shape index (κ2) is 15.4. The van der Waals surface area contributed by atoms with Crippen LogP contribution in [0.4, 0.5) is 0 Å². The summed E-state index contributed by atoms with van der Waals surface area (Å²) in [5.41, 5.74) is 0.625. The minimum absolute atomic E-state index is 0.124. The Morgan fingerprint density at radius 1 is 1.14 bits per heavy atom. The van der Waals surface area contributed by atoms with Crippen LogP contribution in [0, 0.1) is 11.3 Å². The van der Waals surface area contributed by atoms with Gasteiger partial charge in [0, 0.05) is 45.0 Å². The minimum atomic E-state index is -0.965. The van der Waals surface area contributed by atoms with Crippen LogP contribution in [-0.4, -0.2) is 80.1 Å². The lowest BCUT2D eigenvalue weighted by atomic mass is 9.76. The van der Waals surface area contributed by atoms with Gasteiger partial charge < -0.3 is 29.7 Å². The highest BCUT2D eigenvalue weighted by Gasteiger charge is 2.44. The largest absolute Gasteiger partial charge is 0.493 e. The maximum atomic E-state index is 13.5. The first-order chi connectivity index (χ1) is 20.8. The topological polar surface area (TPSA) is 136 Å². The lowest BCUT2D eigenvalue weighted by Crippen LogP contribution is -2.46. The number of nitrogens with one attached hydrogen (secondary N) is 2. The van der Waals surface area contributed by atoms with Gasteiger partial charge in [-0.3, -0.25) is 24.2 Å². The van der Waals surface area contributed by atoms with Gasteiger partial charge in [0.2, 0.25) is 11.8 Å².